The predicted molar refractivity (Wildman–Crippen MR) is 199 cm³/mol. The Balaban J connectivity index is 1.09. The number of fused-ring (bicyclic) bond motifs is 3. The van der Waals surface area contributed by atoms with Crippen molar-refractivity contribution >= 4 is 23.4 Å². The third-order valence-corrected chi connectivity index (χ3v) is 8.55. The minimum Gasteiger partial charge on any atom is -0.457 e. The van der Waals surface area contributed by atoms with Gasteiger partial charge in [0, 0.05) is 49.1 Å². The van der Waals surface area contributed by atoms with Gasteiger partial charge in [-0.15, -0.1) is 0 Å². The summed E-state index contributed by atoms with van der Waals surface area (Å²) >= 11 is 0. The topological polar surface area (TPSA) is 88.5 Å². The zero-order chi connectivity index (χ0) is 34.9. The van der Waals surface area contributed by atoms with E-state index < -0.39 is 0 Å². The Morgan fingerprint density at radius 1 is 0.392 bits per heavy atom. The van der Waals surface area contributed by atoms with Crippen molar-refractivity contribution in [2.75, 3.05) is 0 Å². The maximum absolute atomic E-state index is 6.46. The number of nitrogens with zero attached hydrogens (tertiary/aromatic N) is 4. The number of hydrogen-bond acceptors (Lipinski definition) is 8. The van der Waals surface area contributed by atoms with Crippen molar-refractivity contribution in [1.82, 2.24) is 19.9 Å². The van der Waals surface area contributed by atoms with Crippen molar-refractivity contribution in [2.24, 2.45) is 0 Å². The van der Waals surface area contributed by atoms with E-state index in [-0.39, 0.29) is 6.71 Å². The molecule has 4 heterocycles. The second-order valence-electron chi connectivity index (χ2n) is 12.8. The highest BCUT2D eigenvalue weighted by Crippen LogP contribution is 2.34. The fourth-order valence-electron chi connectivity index (χ4n) is 6.39. The van der Waals surface area contributed by atoms with E-state index in [1.54, 1.807) is 24.8 Å². The lowest BCUT2D eigenvalue weighted by Crippen LogP contribution is -2.51. The highest BCUT2D eigenvalue weighted by atomic mass is 16.5. The number of hydrogen-bond donors (Lipinski definition) is 0. The lowest BCUT2D eigenvalue weighted by molar-refractivity contribution is 0.447. The second-order valence-corrected chi connectivity index (χ2v) is 12.8. The van der Waals surface area contributed by atoms with E-state index in [0.717, 1.165) is 44.3 Å². The van der Waals surface area contributed by atoms with Gasteiger partial charge >= 0.3 is 0 Å². The van der Waals surface area contributed by atoms with E-state index in [2.05, 4.69) is 44.2 Å². The maximum Gasteiger partial charge on any atom is 0.291 e. The molecule has 0 N–H and O–H groups in total. The molecule has 0 radical (unpaired) electrons. The zero-order valence-corrected chi connectivity index (χ0v) is 28.6. The molecule has 0 saturated carbocycles. The number of pyridine rings is 2. The fourth-order valence-corrected chi connectivity index (χ4v) is 6.39. The van der Waals surface area contributed by atoms with E-state index in [1.165, 1.54) is 0 Å². The van der Waals surface area contributed by atoms with Gasteiger partial charge in [-0.05, 0) is 128 Å². The molecule has 0 spiro atoms. The van der Waals surface area contributed by atoms with Crippen molar-refractivity contribution in [1.29, 1.82) is 0 Å². The molecule has 8 rings (SSSR count). The Labute approximate surface area is 296 Å². The van der Waals surface area contributed by atoms with E-state index in [1.807, 2.05) is 107 Å². The highest BCUT2D eigenvalue weighted by molar-refractivity contribution is 6.98. The molecule has 8 nitrogen and oxygen atoms in total. The van der Waals surface area contributed by atoms with Gasteiger partial charge in [-0.2, -0.15) is 0 Å². The summed E-state index contributed by atoms with van der Waals surface area (Å²) in [6.07, 6.45) is 7.02. The Morgan fingerprint density at radius 3 is 1.29 bits per heavy atom. The summed E-state index contributed by atoms with van der Waals surface area (Å²) < 4.78 is 25.1. The first-order chi connectivity index (χ1) is 24.8. The zero-order valence-electron chi connectivity index (χ0n) is 28.6. The monoisotopic (exact) mass is 668 g/mol. The summed E-state index contributed by atoms with van der Waals surface area (Å²) in [7, 11) is 0. The average molecular weight is 669 g/mol. The van der Waals surface area contributed by atoms with Crippen LogP contribution in [0, 0.1) is 27.7 Å². The van der Waals surface area contributed by atoms with Crippen LogP contribution in [0.2, 0.25) is 0 Å². The van der Waals surface area contributed by atoms with Crippen LogP contribution in [0.1, 0.15) is 22.3 Å². The van der Waals surface area contributed by atoms with Gasteiger partial charge in [0.2, 0.25) is 11.8 Å². The molecular weight excluding hydrogens is 635 g/mol. The van der Waals surface area contributed by atoms with Gasteiger partial charge in [0.15, 0.2) is 0 Å². The summed E-state index contributed by atoms with van der Waals surface area (Å²) in [5.74, 6) is 5.09. The summed E-state index contributed by atoms with van der Waals surface area (Å²) in [6.45, 7) is 7.81. The molecule has 1 aliphatic rings. The summed E-state index contributed by atoms with van der Waals surface area (Å²) in [5, 5.41) is 0. The van der Waals surface area contributed by atoms with E-state index in [0.29, 0.717) is 52.0 Å². The highest BCUT2D eigenvalue weighted by Gasteiger charge is 2.36. The smallest absolute Gasteiger partial charge is 0.291 e. The Hall–Kier alpha value is -6.48. The summed E-state index contributed by atoms with van der Waals surface area (Å²) in [5.41, 5.74) is 9.15. The van der Waals surface area contributed by atoms with E-state index in [4.69, 9.17) is 18.9 Å². The Morgan fingerprint density at radius 2 is 0.843 bits per heavy atom. The minimum absolute atomic E-state index is 0.226. The summed E-state index contributed by atoms with van der Waals surface area (Å²) in [4.78, 5) is 18.0. The third kappa shape index (κ3) is 7.00. The molecule has 4 aromatic carbocycles. The largest absolute Gasteiger partial charge is 0.457 e. The Bertz CT molecular complexity index is 2250. The second kappa shape index (κ2) is 13.4. The van der Waals surface area contributed by atoms with Crippen LogP contribution in [0.3, 0.4) is 0 Å². The number of rotatable bonds is 9. The predicted octanol–water partition coefficient (Wildman–Crippen LogP) is 8.17. The van der Waals surface area contributed by atoms with Crippen LogP contribution in [0.4, 0.5) is 0 Å². The SMILES string of the molecule is Cc1cc(Oc2ccc3c(c2)B(c2ncccn2)c2cc(Oc4cc(C)cc(Oc5cc(C)ccn5)c4)ccc2-3)cc(Oc2cc(C)ccn2)c1. The normalized spacial score (nSPS) is 11.5. The van der Waals surface area contributed by atoms with Gasteiger partial charge in [0.1, 0.15) is 34.5 Å². The van der Waals surface area contributed by atoms with Crippen LogP contribution < -0.4 is 35.6 Å². The van der Waals surface area contributed by atoms with Crippen molar-refractivity contribution in [3.8, 4) is 57.4 Å². The number of aryl methyl sites for hydroxylation is 4. The first-order valence-electron chi connectivity index (χ1n) is 16.7. The van der Waals surface area contributed by atoms with Crippen molar-refractivity contribution in [3.05, 3.63) is 150 Å². The number of ether oxygens (including phenoxy) is 4. The van der Waals surface area contributed by atoms with Crippen LogP contribution >= 0.6 is 0 Å². The lowest BCUT2D eigenvalue weighted by atomic mass is 9.42. The quantitative estimate of drug-likeness (QED) is 0.142. The third-order valence-electron chi connectivity index (χ3n) is 8.55. The van der Waals surface area contributed by atoms with Crippen LogP contribution in [0.5, 0.6) is 46.3 Å². The van der Waals surface area contributed by atoms with Crippen LogP contribution in [0.25, 0.3) is 11.1 Å². The standard InChI is InChI=1S/C42H33BN4O4/c1-26-10-14-44-40(20-26)50-34-18-28(3)16-32(22-34)48-30-6-8-36-37-9-7-31(25-39(37)43(38(36)24-30)42-46-12-5-13-47-42)49-33-17-29(4)19-35(23-33)51-41-21-27(2)11-15-45-41/h5-25H,1-4H3. The first kappa shape index (κ1) is 31.8. The van der Waals surface area contributed by atoms with Crippen LogP contribution in [-0.4, -0.2) is 26.6 Å². The summed E-state index contributed by atoms with van der Waals surface area (Å²) in [6, 6.07) is 33.5. The Kier molecular flexibility index (Phi) is 8.37. The molecule has 248 valence electrons. The molecule has 7 aromatic rings. The van der Waals surface area contributed by atoms with Gasteiger partial charge in [0.25, 0.3) is 6.71 Å². The van der Waals surface area contributed by atoms with Crippen molar-refractivity contribution in [3.63, 3.8) is 0 Å². The van der Waals surface area contributed by atoms with Gasteiger partial charge in [0.05, 0.1) is 5.72 Å². The first-order valence-corrected chi connectivity index (χ1v) is 16.7. The molecule has 9 heteroatoms. The molecule has 0 fully saturated rings. The molecule has 51 heavy (non-hydrogen) atoms. The molecule has 3 aromatic heterocycles. The number of benzene rings is 4. The van der Waals surface area contributed by atoms with Crippen LogP contribution in [-0.2, 0) is 0 Å². The molecule has 0 bridgehead atoms. The van der Waals surface area contributed by atoms with Gasteiger partial charge in [-0.3, -0.25) is 9.97 Å². The van der Waals surface area contributed by atoms with Gasteiger partial charge in [-0.25, -0.2) is 9.97 Å². The van der Waals surface area contributed by atoms with Crippen molar-refractivity contribution < 1.29 is 18.9 Å². The number of aromatic nitrogens is 4. The maximum atomic E-state index is 6.46. The van der Waals surface area contributed by atoms with Crippen LogP contribution in [0.15, 0.2) is 128 Å². The molecule has 0 unspecified atom stereocenters. The molecule has 1 aliphatic heterocycles. The molecule has 0 amide bonds. The van der Waals surface area contributed by atoms with Gasteiger partial charge in [-0.1, -0.05) is 23.1 Å². The molecule has 0 atom stereocenters. The van der Waals surface area contributed by atoms with E-state index >= 15 is 0 Å². The fraction of sp³-hybridized carbons (Fsp3) is 0.0952. The van der Waals surface area contributed by atoms with Gasteiger partial charge < -0.3 is 18.9 Å². The van der Waals surface area contributed by atoms with E-state index in [9.17, 15) is 0 Å². The molecule has 0 aliphatic carbocycles. The molecular formula is C42H33BN4O4. The lowest BCUT2D eigenvalue weighted by Gasteiger charge is -2.13. The molecule has 0 saturated heterocycles. The van der Waals surface area contributed by atoms with Crippen molar-refractivity contribution in [2.45, 2.75) is 27.7 Å². The minimum atomic E-state index is -0.226. The average Bonchev–Trinajstić information content (AvgIpc) is 3.41.